The molecule has 0 amide bonds. The van der Waals surface area contributed by atoms with E-state index >= 15 is 0 Å². The summed E-state index contributed by atoms with van der Waals surface area (Å²) in [5, 5.41) is 7.20. The molecule has 0 fully saturated rings. The van der Waals surface area contributed by atoms with E-state index in [1.54, 1.807) is 7.11 Å². The lowest BCUT2D eigenvalue weighted by molar-refractivity contribution is 0.417. The van der Waals surface area contributed by atoms with Crippen LogP contribution in [0.3, 0.4) is 0 Å². The molecule has 3 rings (SSSR count). The van der Waals surface area contributed by atoms with Crippen molar-refractivity contribution >= 4 is 23.0 Å². The highest BCUT2D eigenvalue weighted by molar-refractivity contribution is 7.80. The van der Waals surface area contributed by atoms with Gasteiger partial charge in [0.1, 0.15) is 5.75 Å². The van der Waals surface area contributed by atoms with E-state index in [1.807, 2.05) is 37.3 Å². The van der Waals surface area contributed by atoms with Crippen molar-refractivity contribution < 1.29 is 4.74 Å². The van der Waals surface area contributed by atoms with Crippen molar-refractivity contribution in [2.75, 3.05) is 19.0 Å². The highest BCUT2D eigenvalue weighted by Gasteiger charge is 2.14. The van der Waals surface area contributed by atoms with Crippen LogP contribution in [0.1, 0.15) is 22.6 Å². The van der Waals surface area contributed by atoms with E-state index in [1.165, 1.54) is 11.1 Å². The Hall–Kier alpha value is -2.85. The zero-order valence-electron chi connectivity index (χ0n) is 15.6. The van der Waals surface area contributed by atoms with Crippen molar-refractivity contribution in [3.8, 4) is 5.75 Å². The first-order chi connectivity index (χ1) is 13.2. The van der Waals surface area contributed by atoms with Crippen LogP contribution in [0.15, 0.2) is 78.9 Å². The topological polar surface area (TPSA) is 33.3 Å². The lowest BCUT2D eigenvalue weighted by atomic mass is 9.91. The monoisotopic (exact) mass is 376 g/mol. The van der Waals surface area contributed by atoms with Crippen molar-refractivity contribution in [1.82, 2.24) is 5.32 Å². The minimum Gasteiger partial charge on any atom is -0.495 e. The van der Waals surface area contributed by atoms with Crippen molar-refractivity contribution in [2.45, 2.75) is 12.8 Å². The second kappa shape index (κ2) is 9.19. The summed E-state index contributed by atoms with van der Waals surface area (Å²) in [5.74, 6) is 0.985. The number of thiocarbonyl (C=S) groups is 1. The Labute approximate surface area is 166 Å². The number of nitrogens with one attached hydrogen (secondary N) is 2. The largest absolute Gasteiger partial charge is 0.495 e. The molecule has 0 aliphatic heterocycles. The van der Waals surface area contributed by atoms with Crippen molar-refractivity contribution in [2.24, 2.45) is 0 Å². The average Bonchev–Trinajstić information content (AvgIpc) is 2.70. The summed E-state index contributed by atoms with van der Waals surface area (Å²) in [6.07, 6.45) is 0. The molecule has 0 aliphatic carbocycles. The van der Waals surface area contributed by atoms with Crippen LogP contribution in [0.25, 0.3) is 0 Å². The molecule has 0 saturated carbocycles. The van der Waals surface area contributed by atoms with Gasteiger partial charge in [0.25, 0.3) is 0 Å². The Morgan fingerprint density at radius 2 is 1.52 bits per heavy atom. The Kier molecular flexibility index (Phi) is 6.44. The van der Waals surface area contributed by atoms with E-state index in [-0.39, 0.29) is 5.92 Å². The van der Waals surface area contributed by atoms with Crippen LogP contribution in [0.5, 0.6) is 5.75 Å². The zero-order chi connectivity index (χ0) is 19.1. The first kappa shape index (κ1) is 18.9. The minimum atomic E-state index is 0.214. The van der Waals surface area contributed by atoms with Crippen LogP contribution in [-0.4, -0.2) is 18.8 Å². The first-order valence-corrected chi connectivity index (χ1v) is 9.37. The quantitative estimate of drug-likeness (QED) is 0.585. The summed E-state index contributed by atoms with van der Waals surface area (Å²) < 4.78 is 5.42. The Bertz CT molecular complexity index is 842. The second-order valence-electron chi connectivity index (χ2n) is 6.41. The second-order valence-corrected chi connectivity index (χ2v) is 6.82. The SMILES string of the molecule is COc1ccc(C)cc1NC(=S)NCC(c1ccccc1)c1ccccc1. The number of rotatable bonds is 6. The lowest BCUT2D eigenvalue weighted by Gasteiger charge is -2.20. The van der Waals surface area contributed by atoms with Gasteiger partial charge in [0.05, 0.1) is 12.8 Å². The van der Waals surface area contributed by atoms with Crippen molar-refractivity contribution in [3.05, 3.63) is 95.6 Å². The number of benzene rings is 3. The molecule has 3 aromatic rings. The van der Waals surface area contributed by atoms with Crippen LogP contribution < -0.4 is 15.4 Å². The standard InChI is InChI=1S/C23H24N2OS/c1-17-13-14-22(26-2)21(15-17)25-23(27)24-16-20(18-9-5-3-6-10-18)19-11-7-4-8-12-19/h3-15,20H,16H2,1-2H3,(H2,24,25,27). The fourth-order valence-electron chi connectivity index (χ4n) is 3.08. The number of ether oxygens (including phenoxy) is 1. The molecule has 0 unspecified atom stereocenters. The summed E-state index contributed by atoms with van der Waals surface area (Å²) in [4.78, 5) is 0. The Morgan fingerprint density at radius 3 is 2.07 bits per heavy atom. The molecular formula is C23H24N2OS. The third-order valence-electron chi connectivity index (χ3n) is 4.47. The maximum atomic E-state index is 5.53. The number of hydrogen-bond acceptors (Lipinski definition) is 2. The molecule has 2 N–H and O–H groups in total. The first-order valence-electron chi connectivity index (χ1n) is 8.97. The lowest BCUT2D eigenvalue weighted by Crippen LogP contribution is -2.32. The predicted molar refractivity (Wildman–Crippen MR) is 117 cm³/mol. The van der Waals surface area contributed by atoms with E-state index in [9.17, 15) is 0 Å². The summed E-state index contributed by atoms with van der Waals surface area (Å²) in [6.45, 7) is 2.75. The van der Waals surface area contributed by atoms with Crippen molar-refractivity contribution in [3.63, 3.8) is 0 Å². The highest BCUT2D eigenvalue weighted by Crippen LogP contribution is 2.26. The molecule has 0 atom stereocenters. The normalized spacial score (nSPS) is 10.5. The molecule has 0 bridgehead atoms. The number of anilines is 1. The van der Waals surface area contributed by atoms with Gasteiger partial charge in [-0.3, -0.25) is 0 Å². The summed E-state index contributed by atoms with van der Waals surface area (Å²) in [5.41, 5.74) is 4.53. The molecule has 4 heteroatoms. The minimum absolute atomic E-state index is 0.214. The maximum absolute atomic E-state index is 5.53. The van der Waals surface area contributed by atoms with Gasteiger partial charge in [0.2, 0.25) is 0 Å². The van der Waals surface area contributed by atoms with Gasteiger partial charge in [-0.2, -0.15) is 0 Å². The van der Waals surface area contributed by atoms with Gasteiger partial charge < -0.3 is 15.4 Å². The molecule has 3 nitrogen and oxygen atoms in total. The van der Waals surface area contributed by atoms with E-state index in [2.05, 4.69) is 59.2 Å². The van der Waals surface area contributed by atoms with Gasteiger partial charge in [-0.15, -0.1) is 0 Å². The van der Waals surface area contributed by atoms with Crippen LogP contribution in [-0.2, 0) is 0 Å². The molecule has 0 spiro atoms. The van der Waals surface area contributed by atoms with Crippen LogP contribution in [0, 0.1) is 6.92 Å². The van der Waals surface area contributed by atoms with Gasteiger partial charge in [-0.05, 0) is 48.0 Å². The van der Waals surface area contributed by atoms with E-state index in [4.69, 9.17) is 17.0 Å². The fraction of sp³-hybridized carbons (Fsp3) is 0.174. The molecule has 0 heterocycles. The molecule has 0 aromatic heterocycles. The third-order valence-corrected chi connectivity index (χ3v) is 4.72. The van der Waals surface area contributed by atoms with Gasteiger partial charge >= 0.3 is 0 Å². The van der Waals surface area contributed by atoms with Crippen molar-refractivity contribution in [1.29, 1.82) is 0 Å². The van der Waals surface area contributed by atoms with E-state index in [0.717, 1.165) is 17.0 Å². The van der Waals surface area contributed by atoms with Gasteiger partial charge in [-0.1, -0.05) is 66.7 Å². The van der Waals surface area contributed by atoms with Gasteiger partial charge in [0, 0.05) is 12.5 Å². The molecule has 3 aromatic carbocycles. The molecule has 0 radical (unpaired) electrons. The van der Waals surface area contributed by atoms with Gasteiger partial charge in [0.15, 0.2) is 5.11 Å². The predicted octanol–water partition coefficient (Wildman–Crippen LogP) is 5.12. The fourth-order valence-corrected chi connectivity index (χ4v) is 3.27. The highest BCUT2D eigenvalue weighted by atomic mass is 32.1. The average molecular weight is 377 g/mol. The van der Waals surface area contributed by atoms with Crippen LogP contribution in [0.4, 0.5) is 5.69 Å². The molecule has 0 aliphatic rings. The Morgan fingerprint density at radius 1 is 0.926 bits per heavy atom. The maximum Gasteiger partial charge on any atom is 0.170 e. The number of aryl methyl sites for hydroxylation is 1. The Balaban J connectivity index is 1.72. The van der Waals surface area contributed by atoms with E-state index < -0.39 is 0 Å². The summed E-state index contributed by atoms with van der Waals surface area (Å²) in [6, 6.07) is 26.9. The van der Waals surface area contributed by atoms with Crippen LogP contribution >= 0.6 is 12.2 Å². The van der Waals surface area contributed by atoms with Crippen LogP contribution in [0.2, 0.25) is 0 Å². The zero-order valence-corrected chi connectivity index (χ0v) is 16.4. The molecular weight excluding hydrogens is 352 g/mol. The summed E-state index contributed by atoms with van der Waals surface area (Å²) >= 11 is 5.53. The number of hydrogen-bond donors (Lipinski definition) is 2. The molecule has 138 valence electrons. The smallest absolute Gasteiger partial charge is 0.170 e. The number of methoxy groups -OCH3 is 1. The summed E-state index contributed by atoms with van der Waals surface area (Å²) in [7, 11) is 1.66. The van der Waals surface area contributed by atoms with Gasteiger partial charge in [-0.25, -0.2) is 0 Å². The third kappa shape index (κ3) is 5.08. The van der Waals surface area contributed by atoms with E-state index in [0.29, 0.717) is 11.7 Å². The molecule has 0 saturated heterocycles. The molecule has 27 heavy (non-hydrogen) atoms.